The molecule has 0 aromatic heterocycles. The van der Waals surface area contributed by atoms with Crippen molar-refractivity contribution in [2.75, 3.05) is 26.4 Å². The maximum absolute atomic E-state index is 12.7. The molecule has 0 aliphatic carbocycles. The van der Waals surface area contributed by atoms with Crippen LogP contribution in [0, 0.1) is 0 Å². The van der Waals surface area contributed by atoms with Gasteiger partial charge >= 0.3 is 16.4 Å². The van der Waals surface area contributed by atoms with E-state index in [2.05, 4.69) is 30.2 Å². The van der Waals surface area contributed by atoms with E-state index in [1.165, 1.54) is 77.0 Å². The molecule has 0 aromatic carbocycles. The summed E-state index contributed by atoms with van der Waals surface area (Å²) in [5.41, 5.74) is 0. The monoisotopic (exact) mass is 766 g/mol. The maximum atomic E-state index is 12.7. The smallest absolute Gasteiger partial charge is 0.397 e. The van der Waals surface area contributed by atoms with Gasteiger partial charge < -0.3 is 34.3 Å². The summed E-state index contributed by atoms with van der Waals surface area (Å²) in [6.07, 6.45) is 22.6. The van der Waals surface area contributed by atoms with Crippen LogP contribution in [0.2, 0.25) is 0 Å². The summed E-state index contributed by atoms with van der Waals surface area (Å²) in [5.74, 6) is -0.409. The van der Waals surface area contributed by atoms with Gasteiger partial charge in [-0.2, -0.15) is 8.42 Å². The molecule has 1 saturated heterocycles. The Hall–Kier alpha value is -1.16. The topological polar surface area (TPSA) is 178 Å². The average Bonchev–Trinajstić information content (AvgIpc) is 3.11. The molecule has 0 aromatic rings. The van der Waals surface area contributed by atoms with Gasteiger partial charge in [0, 0.05) is 13.0 Å². The molecule has 0 bridgehead atoms. The van der Waals surface area contributed by atoms with Crippen LogP contribution in [0.15, 0.2) is 12.2 Å². The molecule has 4 N–H and O–H groups in total. The highest BCUT2D eigenvalue weighted by Crippen LogP contribution is 2.26. The Kier molecular flexibility index (Phi) is 30.2. The minimum atomic E-state index is -5.05. The Morgan fingerprint density at radius 3 is 1.81 bits per heavy atom. The first kappa shape index (κ1) is 48.9. The number of aliphatic hydroxyl groups is 3. The van der Waals surface area contributed by atoms with Gasteiger partial charge in [-0.25, -0.2) is 4.18 Å². The predicted molar refractivity (Wildman–Crippen MR) is 202 cm³/mol. The molecule has 13 heteroatoms. The predicted octanol–water partition coefficient (Wildman–Crippen LogP) is 7.52. The number of esters is 1. The summed E-state index contributed by atoms with van der Waals surface area (Å²) >= 11 is 0. The molecule has 308 valence electrons. The van der Waals surface area contributed by atoms with E-state index in [1.807, 2.05) is 0 Å². The molecule has 12 nitrogen and oxygen atoms in total. The first-order chi connectivity index (χ1) is 25.1. The second-order valence-electron chi connectivity index (χ2n) is 14.2. The van der Waals surface area contributed by atoms with Crippen LogP contribution >= 0.6 is 0 Å². The lowest BCUT2D eigenvalue weighted by Crippen LogP contribution is -2.60. The molecule has 1 heterocycles. The van der Waals surface area contributed by atoms with Crippen LogP contribution in [-0.2, 0) is 38.3 Å². The van der Waals surface area contributed by atoms with Crippen LogP contribution in [0.5, 0.6) is 0 Å². The molecule has 0 saturated carbocycles. The number of unbranched alkanes of at least 4 members (excludes halogenated alkanes) is 20. The Morgan fingerprint density at radius 1 is 0.712 bits per heavy atom. The molecule has 52 heavy (non-hydrogen) atoms. The molecule has 6 unspecified atom stereocenters. The van der Waals surface area contributed by atoms with Crippen molar-refractivity contribution >= 4 is 16.4 Å². The molecule has 1 rings (SSSR count). The molecule has 1 fully saturated rings. The van der Waals surface area contributed by atoms with Gasteiger partial charge in [0.05, 0.1) is 19.8 Å². The van der Waals surface area contributed by atoms with Crippen molar-refractivity contribution in [2.24, 2.45) is 0 Å². The van der Waals surface area contributed by atoms with Crippen LogP contribution in [0.3, 0.4) is 0 Å². The van der Waals surface area contributed by atoms with Gasteiger partial charge in [-0.15, -0.1) is 0 Å². The third-order valence-electron chi connectivity index (χ3n) is 9.37. The average molecular weight is 767 g/mol. The summed E-state index contributed by atoms with van der Waals surface area (Å²) < 4.78 is 58.8. The number of allylic oxidation sites excluding steroid dienone is 2. The van der Waals surface area contributed by atoms with Crippen LogP contribution in [0.4, 0.5) is 0 Å². The maximum Gasteiger partial charge on any atom is 0.397 e. The van der Waals surface area contributed by atoms with Gasteiger partial charge in [0.2, 0.25) is 0 Å². The van der Waals surface area contributed by atoms with Crippen molar-refractivity contribution in [3.8, 4) is 0 Å². The van der Waals surface area contributed by atoms with E-state index in [0.29, 0.717) is 13.0 Å². The Morgan fingerprint density at radius 2 is 1.25 bits per heavy atom. The zero-order chi connectivity index (χ0) is 38.3. The SMILES string of the molecule is CCC/C=C\CCCCCCCC(=O)OC(COCCCCCCCCCCCCCCCCC)COC1OC(CO)C(O)C(OS(=O)(=O)O)C1O. The molecule has 0 radical (unpaired) electrons. The van der Waals surface area contributed by atoms with Crippen molar-refractivity contribution in [1.29, 1.82) is 0 Å². The van der Waals surface area contributed by atoms with Crippen molar-refractivity contribution in [1.82, 2.24) is 0 Å². The lowest BCUT2D eigenvalue weighted by Gasteiger charge is -2.41. The fourth-order valence-electron chi connectivity index (χ4n) is 6.26. The Bertz CT molecular complexity index is 978. The number of carbonyl (C=O) groups excluding carboxylic acids is 1. The highest BCUT2D eigenvalue weighted by molar-refractivity contribution is 7.80. The molecule has 0 amide bonds. The normalized spacial score (nSPS) is 21.5. The zero-order valence-electron chi connectivity index (χ0n) is 32.4. The fourth-order valence-corrected chi connectivity index (χ4v) is 6.77. The minimum Gasteiger partial charge on any atom is -0.457 e. The summed E-state index contributed by atoms with van der Waals surface area (Å²) in [5, 5.41) is 30.5. The first-order valence-electron chi connectivity index (χ1n) is 20.4. The van der Waals surface area contributed by atoms with Gasteiger partial charge in [0.25, 0.3) is 0 Å². The van der Waals surface area contributed by atoms with Crippen LogP contribution in [0.25, 0.3) is 0 Å². The largest absolute Gasteiger partial charge is 0.457 e. The van der Waals surface area contributed by atoms with Crippen molar-refractivity contribution in [3.05, 3.63) is 12.2 Å². The molecular weight excluding hydrogens is 692 g/mol. The van der Waals surface area contributed by atoms with Crippen LogP contribution in [-0.4, -0.2) is 97.5 Å². The molecule has 1 aliphatic rings. The Labute approximate surface area is 315 Å². The summed E-state index contributed by atoms with van der Waals surface area (Å²) in [6, 6.07) is 0. The molecule has 1 aliphatic heterocycles. The highest BCUT2D eigenvalue weighted by atomic mass is 32.3. The third-order valence-corrected chi connectivity index (χ3v) is 9.83. The fraction of sp³-hybridized carbons (Fsp3) is 0.923. The van der Waals surface area contributed by atoms with Crippen LogP contribution in [0.1, 0.15) is 168 Å². The minimum absolute atomic E-state index is 0.0374. The molecule has 6 atom stereocenters. The van der Waals surface area contributed by atoms with Gasteiger partial charge in [0.15, 0.2) is 6.29 Å². The van der Waals surface area contributed by atoms with Gasteiger partial charge in [-0.05, 0) is 32.1 Å². The lowest BCUT2D eigenvalue weighted by atomic mass is 9.99. The van der Waals surface area contributed by atoms with E-state index in [-0.39, 0.29) is 19.6 Å². The standard InChI is InChI=1S/C39H74O12S/c1-3-5-7-9-11-13-15-16-17-18-19-21-23-25-27-29-47-31-33(49-35(41)28-26-24-22-20-14-12-10-8-6-4-2)32-48-39-37(43)38(51-52(44,45)46)36(42)34(30-40)50-39/h8,10,33-34,36-40,42-43H,3-7,9,11-32H2,1-2H3,(H,44,45,46)/b10-8-. The summed E-state index contributed by atoms with van der Waals surface area (Å²) in [4.78, 5) is 12.7. The number of rotatable bonds is 35. The van der Waals surface area contributed by atoms with Gasteiger partial charge in [-0.3, -0.25) is 9.35 Å². The van der Waals surface area contributed by atoms with Crippen molar-refractivity contribution in [3.63, 3.8) is 0 Å². The van der Waals surface area contributed by atoms with E-state index in [1.54, 1.807) is 0 Å². The molecule has 0 spiro atoms. The van der Waals surface area contributed by atoms with E-state index in [0.717, 1.165) is 64.2 Å². The first-order valence-corrected chi connectivity index (χ1v) is 21.8. The number of carbonyl (C=O) groups is 1. The van der Waals surface area contributed by atoms with E-state index < -0.39 is 59.8 Å². The quantitative estimate of drug-likeness (QED) is 0.0216. The van der Waals surface area contributed by atoms with Crippen molar-refractivity contribution < 1.29 is 56.2 Å². The van der Waals surface area contributed by atoms with E-state index in [9.17, 15) is 28.5 Å². The van der Waals surface area contributed by atoms with Gasteiger partial charge in [-0.1, -0.05) is 142 Å². The number of hydrogen-bond acceptors (Lipinski definition) is 11. The number of ether oxygens (including phenoxy) is 4. The Balaban J connectivity index is 2.46. The second-order valence-corrected chi connectivity index (χ2v) is 15.3. The van der Waals surface area contributed by atoms with E-state index >= 15 is 0 Å². The number of hydrogen-bond donors (Lipinski definition) is 4. The third kappa shape index (κ3) is 25.8. The summed E-state index contributed by atoms with van der Waals surface area (Å²) in [7, 11) is -5.05. The summed E-state index contributed by atoms with van der Waals surface area (Å²) in [6.45, 7) is 3.92. The number of aliphatic hydroxyl groups excluding tert-OH is 3. The van der Waals surface area contributed by atoms with Crippen LogP contribution < -0.4 is 0 Å². The lowest BCUT2D eigenvalue weighted by molar-refractivity contribution is -0.301. The van der Waals surface area contributed by atoms with E-state index in [4.69, 9.17) is 23.5 Å². The van der Waals surface area contributed by atoms with Gasteiger partial charge in [0.1, 0.15) is 30.5 Å². The zero-order valence-corrected chi connectivity index (χ0v) is 33.2. The second kappa shape index (κ2) is 32.1. The van der Waals surface area contributed by atoms with Crippen molar-refractivity contribution in [2.45, 2.75) is 205 Å². The molecular formula is C39H74O12S. The highest BCUT2D eigenvalue weighted by Gasteiger charge is 2.48.